The zero-order valence-corrected chi connectivity index (χ0v) is 23.3. The number of likely N-dealkylation sites (N-methyl/N-ethyl adjacent to an activating group) is 1. The van der Waals surface area contributed by atoms with Gasteiger partial charge in [-0.3, -0.25) is 14.9 Å². The number of ketones is 1. The second kappa shape index (κ2) is 10.8. The van der Waals surface area contributed by atoms with Crippen molar-refractivity contribution < 1.29 is 34.4 Å². The normalized spacial score (nSPS) is 22.0. The first kappa shape index (κ1) is 28.1. The lowest BCUT2D eigenvalue weighted by Gasteiger charge is -2.32. The van der Waals surface area contributed by atoms with Crippen molar-refractivity contribution in [2.75, 3.05) is 32.7 Å². The van der Waals surface area contributed by atoms with Crippen LogP contribution in [-0.4, -0.2) is 54.8 Å². The first-order valence-electron chi connectivity index (χ1n) is 12.8. The van der Waals surface area contributed by atoms with Crippen LogP contribution in [0.1, 0.15) is 22.6 Å². The number of fused-ring (bicyclic) bond motifs is 2. The number of phenols is 2. The number of rotatable bonds is 7. The Morgan fingerprint density at radius 1 is 1.05 bits per heavy atom. The van der Waals surface area contributed by atoms with Gasteiger partial charge in [0.25, 0.3) is 5.91 Å². The van der Waals surface area contributed by atoms with Gasteiger partial charge in [-0.25, -0.2) is 0 Å². The number of carbonyl (C=O) groups is 2. The summed E-state index contributed by atoms with van der Waals surface area (Å²) in [5.41, 5.74) is 1.16. The maximum absolute atomic E-state index is 13.9. The average Bonchev–Trinajstić information content (AvgIpc) is 3.45. The Bertz CT molecular complexity index is 1600. The van der Waals surface area contributed by atoms with E-state index in [1.807, 2.05) is 0 Å². The smallest absolute Gasteiger partial charge is 0.252 e. The van der Waals surface area contributed by atoms with Gasteiger partial charge in [0, 0.05) is 47.8 Å². The molecule has 0 bridgehead atoms. The third kappa shape index (κ3) is 4.77. The van der Waals surface area contributed by atoms with Gasteiger partial charge in [0.15, 0.2) is 28.8 Å². The lowest BCUT2D eigenvalue weighted by molar-refractivity contribution is -0.124. The number of nitrogens with zero attached hydrogens (tertiary/aromatic N) is 1. The quantitative estimate of drug-likeness (QED) is 0.181. The van der Waals surface area contributed by atoms with E-state index in [-0.39, 0.29) is 35.5 Å². The third-order valence-electron chi connectivity index (χ3n) is 7.72. The number of aliphatic hydroxyl groups excluding tert-OH is 1. The number of aliphatic hydroxyl groups is 1. The van der Waals surface area contributed by atoms with E-state index in [0.717, 1.165) is 6.08 Å². The van der Waals surface area contributed by atoms with Crippen LogP contribution >= 0.6 is 11.6 Å². The maximum Gasteiger partial charge on any atom is 0.252 e. The van der Waals surface area contributed by atoms with Crippen molar-refractivity contribution in [1.82, 2.24) is 5.32 Å². The van der Waals surface area contributed by atoms with Crippen molar-refractivity contribution in [3.05, 3.63) is 94.2 Å². The molecule has 3 aromatic carbocycles. The lowest BCUT2D eigenvalue weighted by atomic mass is 9.71. The van der Waals surface area contributed by atoms with Gasteiger partial charge in [-0.05, 0) is 59.7 Å². The number of anilines is 1. The molecule has 9 nitrogen and oxygen atoms in total. The highest BCUT2D eigenvalue weighted by Gasteiger charge is 2.61. The first-order chi connectivity index (χ1) is 19.6. The Labute approximate surface area is 241 Å². The summed E-state index contributed by atoms with van der Waals surface area (Å²) in [5.74, 6) is -2.09. The highest BCUT2D eigenvalue weighted by atomic mass is 35.5. The summed E-state index contributed by atoms with van der Waals surface area (Å²) in [6.45, 7) is 0.137. The van der Waals surface area contributed by atoms with Crippen molar-refractivity contribution in [3.63, 3.8) is 0 Å². The molecule has 212 valence electrons. The Morgan fingerprint density at radius 2 is 1.80 bits per heavy atom. The van der Waals surface area contributed by atoms with Gasteiger partial charge in [0.2, 0.25) is 0 Å². The minimum atomic E-state index is -1.32. The molecule has 2 heterocycles. The van der Waals surface area contributed by atoms with E-state index in [9.17, 15) is 24.9 Å². The molecule has 3 aromatic rings. The van der Waals surface area contributed by atoms with Crippen molar-refractivity contribution in [2.24, 2.45) is 5.92 Å². The highest BCUT2D eigenvalue weighted by Crippen LogP contribution is 2.55. The molecule has 4 N–H and O–H groups in total. The van der Waals surface area contributed by atoms with Crippen LogP contribution in [0.15, 0.2) is 72.5 Å². The van der Waals surface area contributed by atoms with Crippen LogP contribution in [0, 0.1) is 5.92 Å². The number of amides is 1. The monoisotopic (exact) mass is 576 g/mol. The fourth-order valence-corrected chi connectivity index (χ4v) is 5.98. The summed E-state index contributed by atoms with van der Waals surface area (Å²) < 4.78 is 10.4. The number of benzene rings is 3. The predicted molar refractivity (Wildman–Crippen MR) is 155 cm³/mol. The third-order valence-corrected chi connectivity index (χ3v) is 7.96. The van der Waals surface area contributed by atoms with Gasteiger partial charge < -0.3 is 29.7 Å². The maximum atomic E-state index is 13.9. The van der Waals surface area contributed by atoms with E-state index in [0.29, 0.717) is 33.1 Å². The molecule has 41 heavy (non-hydrogen) atoms. The van der Waals surface area contributed by atoms with E-state index in [4.69, 9.17) is 21.1 Å². The van der Waals surface area contributed by atoms with Gasteiger partial charge in [-0.15, -0.1) is 0 Å². The lowest BCUT2D eigenvalue weighted by Crippen LogP contribution is -2.49. The van der Waals surface area contributed by atoms with Gasteiger partial charge >= 0.3 is 0 Å². The number of hydrogen-bond acceptors (Lipinski definition) is 8. The molecule has 0 saturated carbocycles. The molecular formula is C31H29ClN2O7. The fraction of sp³-hybridized carbons (Fsp3) is 0.226. The number of methoxy groups -OCH3 is 2. The van der Waals surface area contributed by atoms with Gasteiger partial charge in [0.1, 0.15) is 11.3 Å². The number of halogens is 1. The second-order valence-electron chi connectivity index (χ2n) is 9.97. The predicted octanol–water partition coefficient (Wildman–Crippen LogP) is 4.67. The van der Waals surface area contributed by atoms with Crippen LogP contribution in [0.5, 0.6) is 23.0 Å². The van der Waals surface area contributed by atoms with Crippen molar-refractivity contribution in [3.8, 4) is 23.0 Å². The number of hydrogen-bond donors (Lipinski definition) is 4. The zero-order chi connectivity index (χ0) is 29.5. The topological polar surface area (TPSA) is 129 Å². The number of ether oxygens (including phenoxy) is 2. The SMILES string of the molecule is COc1ccc(C=CC(O)=CC(=O)C2CNC3(C(=O)N(C)c4ccc(Cl)cc43)C2c2ccc(O)c(OC)c2)cc1O. The van der Waals surface area contributed by atoms with Crippen LogP contribution < -0.4 is 19.7 Å². The molecule has 0 aromatic heterocycles. The summed E-state index contributed by atoms with van der Waals surface area (Å²) in [7, 11) is 4.53. The molecule has 2 aliphatic heterocycles. The largest absolute Gasteiger partial charge is 0.508 e. The standard InChI is InChI=1S/C31H29ClN2O7/c1-34-23-9-7-19(32)14-22(23)31(30(34)39)29(18-6-10-24(36)28(13-18)41-3)21(16-33-31)25(37)15-20(35)8-4-17-5-11-27(40-2)26(38)12-17/h4-15,21,29,33,35-36,38H,16H2,1-3H3. The van der Waals surface area contributed by atoms with E-state index in [1.165, 1.54) is 37.3 Å². The molecule has 1 amide bonds. The molecule has 1 fully saturated rings. The highest BCUT2D eigenvalue weighted by molar-refractivity contribution is 6.31. The zero-order valence-electron chi connectivity index (χ0n) is 22.6. The Balaban J connectivity index is 1.55. The van der Waals surface area contributed by atoms with E-state index in [1.54, 1.807) is 55.6 Å². The summed E-state index contributed by atoms with van der Waals surface area (Å²) in [6, 6.07) is 14.7. The van der Waals surface area contributed by atoms with Crippen LogP contribution in [-0.2, 0) is 15.1 Å². The van der Waals surface area contributed by atoms with E-state index < -0.39 is 23.2 Å². The fourth-order valence-electron chi connectivity index (χ4n) is 5.81. The number of carbonyl (C=O) groups excluding carboxylic acids is 2. The van der Waals surface area contributed by atoms with Gasteiger partial charge in [-0.1, -0.05) is 29.8 Å². The average molecular weight is 577 g/mol. The van der Waals surface area contributed by atoms with E-state index in [2.05, 4.69) is 5.32 Å². The van der Waals surface area contributed by atoms with Crippen LogP contribution in [0.2, 0.25) is 5.02 Å². The number of aromatic hydroxyl groups is 2. The summed E-state index contributed by atoms with van der Waals surface area (Å²) >= 11 is 6.37. The Morgan fingerprint density at radius 3 is 2.51 bits per heavy atom. The summed E-state index contributed by atoms with van der Waals surface area (Å²) in [5, 5.41) is 34.7. The molecule has 0 radical (unpaired) electrons. The van der Waals surface area contributed by atoms with Gasteiger partial charge in [-0.2, -0.15) is 0 Å². The summed E-state index contributed by atoms with van der Waals surface area (Å²) in [4.78, 5) is 29.2. The van der Waals surface area contributed by atoms with Crippen molar-refractivity contribution in [2.45, 2.75) is 11.5 Å². The number of phenolic OH excluding ortho intramolecular Hbond substituents is 2. The molecule has 1 spiro atoms. The Kier molecular flexibility index (Phi) is 7.42. The molecule has 0 aliphatic carbocycles. The molecular weight excluding hydrogens is 548 g/mol. The Hall–Kier alpha value is -4.47. The first-order valence-corrected chi connectivity index (χ1v) is 13.2. The molecule has 5 rings (SSSR count). The molecule has 3 unspecified atom stereocenters. The second-order valence-corrected chi connectivity index (χ2v) is 10.4. The number of nitrogens with one attached hydrogen (secondary N) is 1. The van der Waals surface area contributed by atoms with Crippen LogP contribution in [0.3, 0.4) is 0 Å². The minimum Gasteiger partial charge on any atom is -0.508 e. The number of allylic oxidation sites excluding steroid dienone is 2. The van der Waals surface area contributed by atoms with E-state index >= 15 is 0 Å². The van der Waals surface area contributed by atoms with Crippen molar-refractivity contribution in [1.29, 1.82) is 0 Å². The van der Waals surface area contributed by atoms with Crippen molar-refractivity contribution >= 4 is 35.1 Å². The van der Waals surface area contributed by atoms with Crippen LogP contribution in [0.4, 0.5) is 5.69 Å². The summed E-state index contributed by atoms with van der Waals surface area (Å²) in [6.07, 6.45) is 4.01. The molecule has 2 aliphatic rings. The van der Waals surface area contributed by atoms with Gasteiger partial charge in [0.05, 0.1) is 14.2 Å². The van der Waals surface area contributed by atoms with Crippen LogP contribution in [0.25, 0.3) is 6.08 Å². The molecule has 3 atom stereocenters. The molecule has 1 saturated heterocycles. The molecule has 10 heteroatoms. The minimum absolute atomic E-state index is 0.0599.